The molecule has 0 aliphatic heterocycles. The Morgan fingerprint density at radius 1 is 1.44 bits per heavy atom. The van der Waals surface area contributed by atoms with Crippen LogP contribution in [-0.4, -0.2) is 22.1 Å². The molecule has 5 heteroatoms. The third kappa shape index (κ3) is 2.31. The van der Waals surface area contributed by atoms with Crippen molar-refractivity contribution in [2.45, 2.75) is 13.5 Å². The highest BCUT2D eigenvalue weighted by Crippen LogP contribution is 2.22. The number of nitrogens with one attached hydrogen (secondary N) is 2. The van der Waals surface area contributed by atoms with Crippen molar-refractivity contribution in [3.63, 3.8) is 0 Å². The molecule has 2 heterocycles. The van der Waals surface area contributed by atoms with Gasteiger partial charge in [0.2, 0.25) is 5.88 Å². The van der Waals surface area contributed by atoms with Crippen molar-refractivity contribution in [1.82, 2.24) is 15.0 Å². The molecule has 2 N–H and O–H groups in total. The van der Waals surface area contributed by atoms with Crippen molar-refractivity contribution in [2.75, 3.05) is 12.4 Å². The minimum absolute atomic E-state index is 0.602. The Balaban J connectivity index is 2.11. The average Bonchev–Trinajstić information content (AvgIpc) is 2.79. The molecule has 0 bridgehead atoms. The monoisotopic (exact) mass is 218 g/mol. The lowest BCUT2D eigenvalue weighted by molar-refractivity contribution is 0.399. The van der Waals surface area contributed by atoms with Crippen LogP contribution in [0.25, 0.3) is 0 Å². The van der Waals surface area contributed by atoms with Crippen LogP contribution in [0.4, 0.5) is 5.69 Å². The maximum atomic E-state index is 5.17. The molecule has 0 fully saturated rings. The fraction of sp³-hybridized carbons (Fsp3) is 0.273. The Morgan fingerprint density at radius 2 is 2.31 bits per heavy atom. The number of hydrogen-bond acceptors (Lipinski definition) is 4. The Kier molecular flexibility index (Phi) is 3.05. The van der Waals surface area contributed by atoms with Gasteiger partial charge in [-0.25, -0.2) is 9.97 Å². The molecule has 0 atom stereocenters. The van der Waals surface area contributed by atoms with Crippen LogP contribution in [0.3, 0.4) is 0 Å². The van der Waals surface area contributed by atoms with Gasteiger partial charge in [0.25, 0.3) is 0 Å². The number of nitrogens with zero attached hydrogens (tertiary/aromatic N) is 2. The Morgan fingerprint density at radius 3 is 3.00 bits per heavy atom. The Labute approximate surface area is 93.9 Å². The first-order valence-corrected chi connectivity index (χ1v) is 5.01. The number of imidazole rings is 1. The van der Waals surface area contributed by atoms with E-state index in [1.54, 1.807) is 25.8 Å². The molecule has 0 aromatic carbocycles. The van der Waals surface area contributed by atoms with Gasteiger partial charge in [0, 0.05) is 12.4 Å². The number of ether oxygens (including phenoxy) is 1. The molecule has 0 spiro atoms. The van der Waals surface area contributed by atoms with Crippen molar-refractivity contribution in [1.29, 1.82) is 0 Å². The lowest BCUT2D eigenvalue weighted by atomic mass is 10.3. The standard InChI is InChI=1S/C11H14N4O/c1-8-3-10(11(16-2)14-4-8)13-6-9-5-12-7-15-9/h3-5,7,13H,6H2,1-2H3,(H,12,15). The molecule has 0 amide bonds. The largest absolute Gasteiger partial charge is 0.480 e. The molecular formula is C11H14N4O. The van der Waals surface area contributed by atoms with Gasteiger partial charge in [-0.3, -0.25) is 0 Å². The van der Waals surface area contributed by atoms with E-state index in [0.717, 1.165) is 16.9 Å². The van der Waals surface area contributed by atoms with Gasteiger partial charge >= 0.3 is 0 Å². The number of aromatic amines is 1. The van der Waals surface area contributed by atoms with Crippen LogP contribution in [0.1, 0.15) is 11.3 Å². The Bertz CT molecular complexity index is 453. The zero-order chi connectivity index (χ0) is 11.4. The molecule has 0 radical (unpaired) electrons. The van der Waals surface area contributed by atoms with Crippen molar-refractivity contribution >= 4 is 5.69 Å². The van der Waals surface area contributed by atoms with Gasteiger partial charge in [-0.05, 0) is 18.6 Å². The van der Waals surface area contributed by atoms with Gasteiger partial charge in [-0.15, -0.1) is 0 Å². The van der Waals surface area contributed by atoms with Gasteiger partial charge in [0.05, 0.1) is 31.4 Å². The number of aromatic nitrogens is 3. The van der Waals surface area contributed by atoms with Crippen molar-refractivity contribution < 1.29 is 4.74 Å². The summed E-state index contributed by atoms with van der Waals surface area (Å²) in [7, 11) is 1.61. The fourth-order valence-corrected chi connectivity index (χ4v) is 1.42. The summed E-state index contributed by atoms with van der Waals surface area (Å²) in [6.45, 7) is 2.66. The summed E-state index contributed by atoms with van der Waals surface area (Å²) in [5, 5.41) is 3.25. The first-order chi connectivity index (χ1) is 7.79. The number of H-pyrrole nitrogens is 1. The van der Waals surface area contributed by atoms with Gasteiger partial charge < -0.3 is 15.0 Å². The summed E-state index contributed by atoms with van der Waals surface area (Å²) >= 11 is 0. The number of anilines is 1. The first kappa shape index (κ1) is 10.5. The van der Waals surface area contributed by atoms with E-state index in [1.807, 2.05) is 13.0 Å². The highest BCUT2D eigenvalue weighted by atomic mass is 16.5. The van der Waals surface area contributed by atoms with Crippen LogP contribution in [0.15, 0.2) is 24.8 Å². The molecule has 0 saturated carbocycles. The van der Waals surface area contributed by atoms with Crippen molar-refractivity contribution in [2.24, 2.45) is 0 Å². The third-order valence-electron chi connectivity index (χ3n) is 2.21. The van der Waals surface area contributed by atoms with Crippen LogP contribution >= 0.6 is 0 Å². The third-order valence-corrected chi connectivity index (χ3v) is 2.21. The number of aryl methyl sites for hydroxylation is 1. The molecule has 0 unspecified atom stereocenters. The van der Waals surface area contributed by atoms with Crippen LogP contribution in [-0.2, 0) is 6.54 Å². The molecule has 2 rings (SSSR count). The summed E-state index contributed by atoms with van der Waals surface area (Å²) in [5.41, 5.74) is 2.99. The molecule has 2 aromatic heterocycles. The molecule has 2 aromatic rings. The number of pyridine rings is 1. The molecular weight excluding hydrogens is 204 g/mol. The maximum Gasteiger partial charge on any atom is 0.237 e. The fourth-order valence-electron chi connectivity index (χ4n) is 1.42. The normalized spacial score (nSPS) is 10.1. The van der Waals surface area contributed by atoms with Crippen LogP contribution in [0, 0.1) is 6.92 Å². The molecule has 16 heavy (non-hydrogen) atoms. The van der Waals surface area contributed by atoms with Gasteiger partial charge in [-0.1, -0.05) is 0 Å². The van der Waals surface area contributed by atoms with Crippen LogP contribution in [0.5, 0.6) is 5.88 Å². The number of rotatable bonds is 4. The van der Waals surface area contributed by atoms with Gasteiger partial charge in [-0.2, -0.15) is 0 Å². The van der Waals surface area contributed by atoms with E-state index in [-0.39, 0.29) is 0 Å². The summed E-state index contributed by atoms with van der Waals surface area (Å²) in [4.78, 5) is 11.2. The van der Waals surface area contributed by atoms with E-state index >= 15 is 0 Å². The van der Waals surface area contributed by atoms with Crippen LogP contribution in [0.2, 0.25) is 0 Å². The SMILES string of the molecule is COc1ncc(C)cc1NCc1cnc[nH]1. The minimum atomic E-state index is 0.602. The second-order valence-electron chi connectivity index (χ2n) is 3.50. The predicted molar refractivity (Wildman–Crippen MR) is 61.4 cm³/mol. The lowest BCUT2D eigenvalue weighted by Crippen LogP contribution is -2.03. The molecule has 84 valence electrons. The van der Waals surface area contributed by atoms with Crippen LogP contribution < -0.4 is 10.1 Å². The number of methoxy groups -OCH3 is 1. The zero-order valence-electron chi connectivity index (χ0n) is 9.32. The topological polar surface area (TPSA) is 62.8 Å². The zero-order valence-corrected chi connectivity index (χ0v) is 9.32. The highest BCUT2D eigenvalue weighted by Gasteiger charge is 2.04. The molecule has 0 saturated heterocycles. The van der Waals surface area contributed by atoms with E-state index in [9.17, 15) is 0 Å². The van der Waals surface area contributed by atoms with Gasteiger partial charge in [0.1, 0.15) is 0 Å². The molecule has 5 nitrogen and oxygen atoms in total. The van der Waals surface area contributed by atoms with E-state index in [2.05, 4.69) is 20.3 Å². The minimum Gasteiger partial charge on any atom is -0.480 e. The van der Waals surface area contributed by atoms with E-state index in [1.165, 1.54) is 0 Å². The molecule has 0 aliphatic rings. The summed E-state index contributed by atoms with van der Waals surface area (Å²) < 4.78 is 5.17. The van der Waals surface area contributed by atoms with E-state index < -0.39 is 0 Å². The van der Waals surface area contributed by atoms with Crippen molar-refractivity contribution in [3.05, 3.63) is 36.0 Å². The summed E-state index contributed by atoms with van der Waals surface area (Å²) in [5.74, 6) is 0.602. The quantitative estimate of drug-likeness (QED) is 0.820. The highest BCUT2D eigenvalue weighted by molar-refractivity contribution is 5.53. The average molecular weight is 218 g/mol. The summed E-state index contributed by atoms with van der Waals surface area (Å²) in [6.07, 6.45) is 5.21. The number of hydrogen-bond donors (Lipinski definition) is 2. The second-order valence-corrected chi connectivity index (χ2v) is 3.50. The molecule has 0 aliphatic carbocycles. The smallest absolute Gasteiger partial charge is 0.237 e. The van der Waals surface area contributed by atoms with Crippen molar-refractivity contribution in [3.8, 4) is 5.88 Å². The maximum absolute atomic E-state index is 5.17. The first-order valence-electron chi connectivity index (χ1n) is 5.01. The Hall–Kier alpha value is -2.04. The lowest BCUT2D eigenvalue weighted by Gasteiger charge is -2.09. The summed E-state index contributed by atoms with van der Waals surface area (Å²) in [6, 6.07) is 2.00. The second kappa shape index (κ2) is 4.65. The van der Waals surface area contributed by atoms with E-state index in [4.69, 9.17) is 4.74 Å². The van der Waals surface area contributed by atoms with Gasteiger partial charge in [0.15, 0.2) is 0 Å². The van der Waals surface area contributed by atoms with E-state index in [0.29, 0.717) is 12.4 Å². The predicted octanol–water partition coefficient (Wildman–Crippen LogP) is 1.73.